The number of fused-ring (bicyclic) bond motifs is 1. The first kappa shape index (κ1) is 16.2. The van der Waals surface area contributed by atoms with Gasteiger partial charge in [0.2, 0.25) is 18.6 Å². The molecule has 0 saturated heterocycles. The molecule has 0 aliphatic carbocycles. The van der Waals surface area contributed by atoms with Gasteiger partial charge >= 0.3 is 0 Å². The first-order chi connectivity index (χ1) is 12.7. The van der Waals surface area contributed by atoms with E-state index in [1.54, 1.807) is 11.9 Å². The molecule has 2 aromatic carbocycles. The molecule has 132 valence electrons. The molecule has 0 saturated carbocycles. The summed E-state index contributed by atoms with van der Waals surface area (Å²) < 4.78 is 16.2. The summed E-state index contributed by atoms with van der Waals surface area (Å²) >= 11 is 0. The molecule has 2 heterocycles. The van der Waals surface area contributed by atoms with Crippen LogP contribution >= 0.6 is 0 Å². The van der Waals surface area contributed by atoms with Crippen LogP contribution in [0, 0.1) is 0 Å². The molecule has 6 nitrogen and oxygen atoms in total. The van der Waals surface area contributed by atoms with Gasteiger partial charge in [-0.3, -0.25) is 4.79 Å². The quantitative estimate of drug-likeness (QED) is 0.707. The summed E-state index contributed by atoms with van der Waals surface area (Å²) in [6.07, 6.45) is 1.73. The van der Waals surface area contributed by atoms with Crippen molar-refractivity contribution in [3.8, 4) is 23.0 Å². The molecule has 1 aliphatic rings. The number of nitrogens with zero attached hydrogens (tertiary/aromatic N) is 2. The minimum Gasteiger partial charge on any atom is -0.454 e. The smallest absolute Gasteiger partial charge is 0.231 e. The van der Waals surface area contributed by atoms with E-state index in [9.17, 15) is 4.79 Å². The zero-order valence-electron chi connectivity index (χ0n) is 14.3. The van der Waals surface area contributed by atoms with E-state index in [0.717, 1.165) is 16.9 Å². The lowest BCUT2D eigenvalue weighted by Gasteiger charge is -2.16. The van der Waals surface area contributed by atoms with Gasteiger partial charge in [-0.05, 0) is 29.8 Å². The van der Waals surface area contributed by atoms with Crippen LogP contribution in [0.4, 0.5) is 0 Å². The number of hydrogen-bond donors (Lipinski definition) is 0. The van der Waals surface area contributed by atoms with Crippen LogP contribution < -0.4 is 9.47 Å². The summed E-state index contributed by atoms with van der Waals surface area (Å²) in [5, 5.41) is 0. The predicted octanol–water partition coefficient (Wildman–Crippen LogP) is 3.27. The molecule has 1 aromatic heterocycles. The maximum atomic E-state index is 12.5. The zero-order chi connectivity index (χ0) is 17.9. The Balaban J connectivity index is 1.39. The molecule has 0 unspecified atom stereocenters. The van der Waals surface area contributed by atoms with Crippen molar-refractivity contribution in [3.63, 3.8) is 0 Å². The van der Waals surface area contributed by atoms with Gasteiger partial charge in [0, 0.05) is 19.2 Å². The molecule has 0 atom stereocenters. The zero-order valence-corrected chi connectivity index (χ0v) is 14.3. The topological polar surface area (TPSA) is 64.8 Å². The second-order valence-corrected chi connectivity index (χ2v) is 6.12. The van der Waals surface area contributed by atoms with Crippen LogP contribution in [0.15, 0.2) is 59.2 Å². The van der Waals surface area contributed by atoms with Crippen LogP contribution in [0.3, 0.4) is 0 Å². The number of benzene rings is 2. The highest BCUT2D eigenvalue weighted by Crippen LogP contribution is 2.32. The first-order valence-corrected chi connectivity index (χ1v) is 8.31. The highest BCUT2D eigenvalue weighted by atomic mass is 16.7. The Morgan fingerprint density at radius 1 is 1.12 bits per heavy atom. The lowest BCUT2D eigenvalue weighted by atomic mass is 10.2. The minimum atomic E-state index is -0.0319. The van der Waals surface area contributed by atoms with Crippen LogP contribution in [-0.2, 0) is 17.8 Å². The van der Waals surface area contributed by atoms with Gasteiger partial charge in [0.05, 0.1) is 12.1 Å². The van der Waals surface area contributed by atoms with Crippen LogP contribution in [0.5, 0.6) is 11.5 Å². The van der Waals surface area contributed by atoms with Crippen LogP contribution in [0.25, 0.3) is 11.5 Å². The van der Waals surface area contributed by atoms with Crippen molar-refractivity contribution in [1.29, 1.82) is 0 Å². The minimum absolute atomic E-state index is 0.0319. The monoisotopic (exact) mass is 350 g/mol. The Kier molecular flexibility index (Phi) is 4.31. The highest BCUT2D eigenvalue weighted by molar-refractivity contribution is 5.78. The third-order valence-corrected chi connectivity index (χ3v) is 4.19. The summed E-state index contributed by atoms with van der Waals surface area (Å²) in [5.41, 5.74) is 2.49. The second kappa shape index (κ2) is 6.92. The lowest BCUT2D eigenvalue weighted by Crippen LogP contribution is -2.27. The van der Waals surface area contributed by atoms with Gasteiger partial charge in [-0.2, -0.15) is 0 Å². The third kappa shape index (κ3) is 3.39. The van der Waals surface area contributed by atoms with E-state index < -0.39 is 0 Å². The highest BCUT2D eigenvalue weighted by Gasteiger charge is 2.17. The van der Waals surface area contributed by atoms with Crippen LogP contribution in [0.1, 0.15) is 11.3 Å². The average Bonchev–Trinajstić information content (AvgIpc) is 3.31. The summed E-state index contributed by atoms with van der Waals surface area (Å²) in [7, 11) is 1.77. The number of aromatic nitrogens is 1. The van der Waals surface area contributed by atoms with Gasteiger partial charge in [0.1, 0.15) is 6.26 Å². The summed E-state index contributed by atoms with van der Waals surface area (Å²) in [4.78, 5) is 18.6. The Morgan fingerprint density at radius 2 is 1.92 bits per heavy atom. The maximum absolute atomic E-state index is 12.5. The van der Waals surface area contributed by atoms with E-state index in [4.69, 9.17) is 13.9 Å². The van der Waals surface area contributed by atoms with Crippen LogP contribution in [-0.4, -0.2) is 29.6 Å². The van der Waals surface area contributed by atoms with E-state index in [0.29, 0.717) is 23.9 Å². The molecule has 0 spiro atoms. The SMILES string of the molecule is CN(Cc1ccc2c(c1)OCO2)C(=O)Cc1coc(-c2ccccc2)n1. The second-order valence-electron chi connectivity index (χ2n) is 6.12. The predicted molar refractivity (Wildman–Crippen MR) is 94.7 cm³/mol. The van der Waals surface area contributed by atoms with Crippen molar-refractivity contribution in [3.05, 3.63) is 66.1 Å². The number of carbonyl (C=O) groups excluding carboxylic acids is 1. The summed E-state index contributed by atoms with van der Waals surface area (Å²) in [6.45, 7) is 0.725. The standard InChI is InChI=1S/C20H18N2O4/c1-22(11-14-7-8-17-18(9-14)26-13-25-17)19(23)10-16-12-24-20(21-16)15-5-3-2-4-6-15/h2-9,12H,10-11,13H2,1H3. The van der Waals surface area contributed by atoms with Gasteiger partial charge in [-0.25, -0.2) is 4.98 Å². The lowest BCUT2D eigenvalue weighted by molar-refractivity contribution is -0.129. The Labute approximate surface area is 151 Å². The van der Waals surface area contributed by atoms with Crippen molar-refractivity contribution in [2.24, 2.45) is 0 Å². The molecule has 0 radical (unpaired) electrons. The summed E-state index contributed by atoms with van der Waals surface area (Å²) in [5.74, 6) is 1.94. The normalized spacial score (nSPS) is 12.2. The van der Waals surface area contributed by atoms with Gasteiger partial charge in [-0.15, -0.1) is 0 Å². The van der Waals surface area contributed by atoms with Crippen molar-refractivity contribution < 1.29 is 18.7 Å². The van der Waals surface area contributed by atoms with Gasteiger partial charge in [0.15, 0.2) is 11.5 Å². The fourth-order valence-electron chi connectivity index (χ4n) is 2.79. The third-order valence-electron chi connectivity index (χ3n) is 4.19. The molecule has 6 heteroatoms. The molecule has 1 aliphatic heterocycles. The fraction of sp³-hybridized carbons (Fsp3) is 0.200. The molecule has 1 amide bonds. The van der Waals surface area contributed by atoms with E-state index in [2.05, 4.69) is 4.98 Å². The van der Waals surface area contributed by atoms with Crippen molar-refractivity contribution in [1.82, 2.24) is 9.88 Å². The van der Waals surface area contributed by atoms with E-state index in [-0.39, 0.29) is 19.1 Å². The molecular formula is C20H18N2O4. The van der Waals surface area contributed by atoms with E-state index in [1.165, 1.54) is 6.26 Å². The maximum Gasteiger partial charge on any atom is 0.231 e. The number of likely N-dealkylation sites (N-methyl/N-ethyl adjacent to an activating group) is 1. The molecule has 0 bridgehead atoms. The summed E-state index contributed by atoms with van der Waals surface area (Å²) in [6, 6.07) is 15.3. The first-order valence-electron chi connectivity index (χ1n) is 8.31. The van der Waals surface area contributed by atoms with Crippen molar-refractivity contribution in [2.45, 2.75) is 13.0 Å². The Morgan fingerprint density at radius 3 is 2.77 bits per heavy atom. The largest absolute Gasteiger partial charge is 0.454 e. The Bertz CT molecular complexity index is 921. The van der Waals surface area contributed by atoms with Gasteiger partial charge in [-0.1, -0.05) is 24.3 Å². The number of rotatable bonds is 5. The van der Waals surface area contributed by atoms with Gasteiger partial charge < -0.3 is 18.8 Å². The molecule has 0 N–H and O–H groups in total. The van der Waals surface area contributed by atoms with Crippen molar-refractivity contribution in [2.75, 3.05) is 13.8 Å². The molecule has 26 heavy (non-hydrogen) atoms. The number of amides is 1. The van der Waals surface area contributed by atoms with Crippen molar-refractivity contribution >= 4 is 5.91 Å². The van der Waals surface area contributed by atoms with E-state index >= 15 is 0 Å². The number of ether oxygens (including phenoxy) is 2. The average molecular weight is 350 g/mol. The number of carbonyl (C=O) groups is 1. The Hall–Kier alpha value is -3.28. The molecular weight excluding hydrogens is 332 g/mol. The van der Waals surface area contributed by atoms with Crippen LogP contribution in [0.2, 0.25) is 0 Å². The number of hydrogen-bond acceptors (Lipinski definition) is 5. The fourth-order valence-corrected chi connectivity index (χ4v) is 2.79. The number of oxazole rings is 1. The van der Waals surface area contributed by atoms with E-state index in [1.807, 2.05) is 48.5 Å². The molecule has 4 rings (SSSR count). The molecule has 3 aromatic rings. The molecule has 0 fully saturated rings. The van der Waals surface area contributed by atoms with Gasteiger partial charge in [0.25, 0.3) is 0 Å².